The lowest BCUT2D eigenvalue weighted by Crippen LogP contribution is -2.36. The summed E-state index contributed by atoms with van der Waals surface area (Å²) in [5, 5.41) is 4.52. The van der Waals surface area contributed by atoms with Crippen LogP contribution < -0.4 is 10.2 Å². The number of ether oxygens (including phenoxy) is 1. The average Bonchev–Trinajstić information content (AvgIpc) is 3.28. The van der Waals surface area contributed by atoms with Gasteiger partial charge in [-0.25, -0.2) is 15.0 Å². The van der Waals surface area contributed by atoms with Gasteiger partial charge in [0.1, 0.15) is 5.65 Å². The minimum atomic E-state index is -0.343. The SMILES string of the molecule is C[C@@H](NC(=O)c1ncc(-c2c[nH]c3ncc(N4CCOCC4)cc23)cn1)c1cccc(Cl)c1. The van der Waals surface area contributed by atoms with Gasteiger partial charge in [-0.15, -0.1) is 0 Å². The number of halogens is 1. The molecule has 0 spiro atoms. The molecular weight excluding hydrogens is 440 g/mol. The van der Waals surface area contributed by atoms with Crippen molar-refractivity contribution >= 4 is 34.2 Å². The number of aromatic amines is 1. The Morgan fingerprint density at radius 3 is 2.70 bits per heavy atom. The number of benzene rings is 1. The molecule has 8 nitrogen and oxygen atoms in total. The van der Waals surface area contributed by atoms with Gasteiger partial charge in [-0.2, -0.15) is 0 Å². The first kappa shape index (κ1) is 21.4. The Morgan fingerprint density at radius 2 is 1.94 bits per heavy atom. The third kappa shape index (κ3) is 4.53. The number of H-pyrrole nitrogens is 1. The lowest BCUT2D eigenvalue weighted by molar-refractivity contribution is 0.0929. The van der Waals surface area contributed by atoms with Crippen molar-refractivity contribution in [2.24, 2.45) is 0 Å². The number of pyridine rings is 1. The van der Waals surface area contributed by atoms with E-state index in [1.54, 1.807) is 18.5 Å². The predicted molar refractivity (Wildman–Crippen MR) is 127 cm³/mol. The van der Waals surface area contributed by atoms with Crippen molar-refractivity contribution in [3.8, 4) is 11.1 Å². The molecular formula is C24H23ClN6O2. The van der Waals surface area contributed by atoms with Crippen LogP contribution in [0.4, 0.5) is 5.69 Å². The summed E-state index contributed by atoms with van der Waals surface area (Å²) < 4.78 is 5.45. The van der Waals surface area contributed by atoms with Crippen LogP contribution in [0.1, 0.15) is 29.1 Å². The Kier molecular flexibility index (Phi) is 5.93. The molecule has 33 heavy (non-hydrogen) atoms. The monoisotopic (exact) mass is 462 g/mol. The van der Waals surface area contributed by atoms with Crippen molar-refractivity contribution in [1.82, 2.24) is 25.3 Å². The van der Waals surface area contributed by atoms with Crippen molar-refractivity contribution < 1.29 is 9.53 Å². The van der Waals surface area contributed by atoms with E-state index in [-0.39, 0.29) is 17.8 Å². The molecule has 2 N–H and O–H groups in total. The molecule has 1 aliphatic rings. The summed E-state index contributed by atoms with van der Waals surface area (Å²) in [6.07, 6.45) is 7.09. The molecule has 1 fully saturated rings. The van der Waals surface area contributed by atoms with Gasteiger partial charge in [-0.3, -0.25) is 4.79 Å². The number of fused-ring (bicyclic) bond motifs is 1. The molecule has 0 bridgehead atoms. The highest BCUT2D eigenvalue weighted by molar-refractivity contribution is 6.30. The van der Waals surface area contributed by atoms with Crippen LogP contribution in [0.2, 0.25) is 5.02 Å². The van der Waals surface area contributed by atoms with Gasteiger partial charge in [-0.05, 0) is 30.7 Å². The molecule has 0 aliphatic carbocycles. The number of nitrogens with zero attached hydrogens (tertiary/aromatic N) is 4. The second kappa shape index (κ2) is 9.17. The number of rotatable bonds is 5. The summed E-state index contributed by atoms with van der Waals surface area (Å²) in [5.74, 6) is -0.233. The van der Waals surface area contributed by atoms with Crippen molar-refractivity contribution in [3.05, 3.63) is 71.5 Å². The summed E-state index contributed by atoms with van der Waals surface area (Å²) >= 11 is 6.05. The van der Waals surface area contributed by atoms with Gasteiger partial charge >= 0.3 is 0 Å². The maximum atomic E-state index is 12.6. The number of nitrogens with one attached hydrogen (secondary N) is 2. The highest BCUT2D eigenvalue weighted by Crippen LogP contribution is 2.30. The van der Waals surface area contributed by atoms with Crippen LogP contribution in [0.25, 0.3) is 22.2 Å². The van der Waals surface area contributed by atoms with E-state index in [1.165, 1.54) is 0 Å². The Labute approximate surface area is 196 Å². The van der Waals surface area contributed by atoms with Crippen LogP contribution in [0.3, 0.4) is 0 Å². The van der Waals surface area contributed by atoms with E-state index < -0.39 is 0 Å². The molecule has 4 aromatic rings. The number of carbonyl (C=O) groups excluding carboxylic acids is 1. The van der Waals surface area contributed by atoms with E-state index >= 15 is 0 Å². The Hall–Kier alpha value is -3.49. The largest absolute Gasteiger partial charge is 0.378 e. The second-order valence-corrected chi connectivity index (χ2v) is 8.37. The van der Waals surface area contributed by atoms with Gasteiger partial charge in [0.15, 0.2) is 0 Å². The minimum absolute atomic E-state index is 0.111. The molecule has 0 saturated carbocycles. The van der Waals surface area contributed by atoms with Crippen LogP contribution in [0.15, 0.2) is 55.1 Å². The fourth-order valence-corrected chi connectivity index (χ4v) is 4.13. The second-order valence-electron chi connectivity index (χ2n) is 7.94. The van der Waals surface area contributed by atoms with E-state index in [0.717, 1.165) is 46.5 Å². The first-order valence-electron chi connectivity index (χ1n) is 10.8. The molecule has 4 heterocycles. The lowest BCUT2D eigenvalue weighted by atomic mass is 10.1. The number of aromatic nitrogens is 4. The highest BCUT2D eigenvalue weighted by Gasteiger charge is 2.17. The molecule has 1 saturated heterocycles. The topological polar surface area (TPSA) is 96.0 Å². The number of hydrogen-bond acceptors (Lipinski definition) is 6. The molecule has 5 rings (SSSR count). The maximum absolute atomic E-state index is 12.6. The van der Waals surface area contributed by atoms with E-state index in [0.29, 0.717) is 18.2 Å². The first-order chi connectivity index (χ1) is 16.1. The maximum Gasteiger partial charge on any atom is 0.289 e. The van der Waals surface area contributed by atoms with Gasteiger partial charge in [0.2, 0.25) is 5.82 Å². The van der Waals surface area contributed by atoms with Crippen molar-refractivity contribution in [3.63, 3.8) is 0 Å². The molecule has 9 heteroatoms. The highest BCUT2D eigenvalue weighted by atomic mass is 35.5. The molecule has 168 valence electrons. The third-order valence-electron chi connectivity index (χ3n) is 5.76. The van der Waals surface area contributed by atoms with Crippen LogP contribution in [-0.4, -0.2) is 52.1 Å². The van der Waals surface area contributed by atoms with Gasteiger partial charge in [0.05, 0.1) is 31.1 Å². The zero-order valence-corrected chi connectivity index (χ0v) is 18.8. The normalized spacial score (nSPS) is 14.9. The van der Waals surface area contributed by atoms with Crippen LogP contribution in [0.5, 0.6) is 0 Å². The van der Waals surface area contributed by atoms with Crippen LogP contribution in [-0.2, 0) is 4.74 Å². The standard InChI is InChI=1S/C24H23ClN6O2/c1-15(16-3-2-4-18(25)9-16)30-24(32)23-26-11-17(12-27-23)21-14-29-22-20(21)10-19(13-28-22)31-5-7-33-8-6-31/h2-4,9-15H,5-8H2,1H3,(H,28,29)(H,30,32)/t15-/m1/s1. The zero-order valence-electron chi connectivity index (χ0n) is 18.1. The number of morpholine rings is 1. The Balaban J connectivity index is 1.35. The summed E-state index contributed by atoms with van der Waals surface area (Å²) in [6, 6.07) is 9.28. The van der Waals surface area contributed by atoms with Crippen LogP contribution in [0, 0.1) is 0 Å². The predicted octanol–water partition coefficient (Wildman–Crippen LogP) is 4.00. The summed E-state index contributed by atoms with van der Waals surface area (Å²) in [5.41, 5.74) is 4.50. The van der Waals surface area contributed by atoms with Gasteiger partial charge < -0.3 is 19.9 Å². The smallest absolute Gasteiger partial charge is 0.289 e. The molecule has 3 aromatic heterocycles. The van der Waals surface area contributed by atoms with E-state index in [9.17, 15) is 4.79 Å². The average molecular weight is 463 g/mol. The number of anilines is 1. The first-order valence-corrected chi connectivity index (χ1v) is 11.1. The third-order valence-corrected chi connectivity index (χ3v) is 5.99. The Morgan fingerprint density at radius 1 is 1.15 bits per heavy atom. The van der Waals surface area contributed by atoms with Gasteiger partial charge in [0, 0.05) is 53.2 Å². The van der Waals surface area contributed by atoms with Crippen molar-refractivity contribution in [1.29, 1.82) is 0 Å². The number of hydrogen-bond donors (Lipinski definition) is 2. The molecule has 1 atom stereocenters. The van der Waals surface area contributed by atoms with Gasteiger partial charge in [-0.1, -0.05) is 23.7 Å². The Bertz CT molecular complexity index is 1280. The summed E-state index contributed by atoms with van der Waals surface area (Å²) in [4.78, 5) is 31.3. The van der Waals surface area contributed by atoms with Crippen LogP contribution >= 0.6 is 11.6 Å². The molecule has 1 amide bonds. The summed E-state index contributed by atoms with van der Waals surface area (Å²) in [7, 11) is 0. The van der Waals surface area contributed by atoms with Crippen molar-refractivity contribution in [2.75, 3.05) is 31.2 Å². The van der Waals surface area contributed by atoms with E-state index in [4.69, 9.17) is 16.3 Å². The zero-order chi connectivity index (χ0) is 22.8. The molecule has 0 unspecified atom stereocenters. The molecule has 0 radical (unpaired) electrons. The quantitative estimate of drug-likeness (QED) is 0.465. The van der Waals surface area contributed by atoms with E-state index in [2.05, 4.69) is 36.2 Å². The van der Waals surface area contributed by atoms with Crippen molar-refractivity contribution in [2.45, 2.75) is 13.0 Å². The fourth-order valence-electron chi connectivity index (χ4n) is 3.93. The minimum Gasteiger partial charge on any atom is -0.378 e. The number of carbonyl (C=O) groups is 1. The molecule has 1 aliphatic heterocycles. The van der Waals surface area contributed by atoms with Gasteiger partial charge in [0.25, 0.3) is 5.91 Å². The molecule has 1 aromatic carbocycles. The van der Waals surface area contributed by atoms with E-state index in [1.807, 2.05) is 37.5 Å². The fraction of sp³-hybridized carbons (Fsp3) is 0.250. The summed E-state index contributed by atoms with van der Waals surface area (Å²) in [6.45, 7) is 5.00. The number of amides is 1. The lowest BCUT2D eigenvalue weighted by Gasteiger charge is -2.28.